The molecule has 2 rings (SSSR count). The van der Waals surface area contributed by atoms with Crippen molar-refractivity contribution in [1.82, 2.24) is 10.6 Å². The number of unbranched alkanes of at least 4 members (excludes halogenated alkanes) is 3. The standard InChI is InChI=1S/C24H40N2O4S/c1-4-5-10-15-25-23(31)24(2,3)22(29)26-16-18-17(19-13-14-20(18)30-19)11-8-6-7-9-12-21(27)28/h6,8,17-20H,4-5,7,9-16H2,1-3H3,(H,25,31)(H,26,29)(H,27,28)/t17-,18+,19-,20+/m1/s1. The SMILES string of the molecule is CCCCCNC(=S)C(C)(C)C(=O)NC[C@H]1[C@@H](CC=CCCCC(=O)O)[C@H]2CC[C@@H]1O2. The Morgan fingerprint density at radius 1 is 1.10 bits per heavy atom. The second-order valence-corrected chi connectivity index (χ2v) is 9.82. The minimum atomic E-state index is -0.746. The number of carbonyl (C=O) groups is 2. The number of nitrogens with one attached hydrogen (secondary N) is 2. The number of rotatable bonds is 14. The van der Waals surface area contributed by atoms with Crippen molar-refractivity contribution < 1.29 is 19.4 Å². The molecule has 7 heteroatoms. The molecule has 4 atom stereocenters. The Hall–Kier alpha value is -1.47. The van der Waals surface area contributed by atoms with E-state index in [2.05, 4.69) is 29.7 Å². The van der Waals surface area contributed by atoms with Crippen LogP contribution in [0, 0.1) is 17.3 Å². The first-order valence-corrected chi connectivity index (χ1v) is 12.3. The van der Waals surface area contributed by atoms with Crippen molar-refractivity contribution >= 4 is 29.1 Å². The molecule has 2 aliphatic rings. The average Bonchev–Trinajstić information content (AvgIpc) is 3.33. The first-order chi connectivity index (χ1) is 14.8. The fourth-order valence-corrected chi connectivity index (χ4v) is 4.75. The molecular formula is C24H40N2O4S. The van der Waals surface area contributed by atoms with Gasteiger partial charge in [-0.1, -0.05) is 44.1 Å². The van der Waals surface area contributed by atoms with E-state index < -0.39 is 11.4 Å². The van der Waals surface area contributed by atoms with Crippen molar-refractivity contribution in [3.05, 3.63) is 12.2 Å². The van der Waals surface area contributed by atoms with E-state index >= 15 is 0 Å². The summed E-state index contributed by atoms with van der Waals surface area (Å²) in [6.45, 7) is 7.35. The van der Waals surface area contributed by atoms with E-state index in [9.17, 15) is 9.59 Å². The van der Waals surface area contributed by atoms with Crippen LogP contribution in [-0.4, -0.2) is 47.3 Å². The fourth-order valence-electron chi connectivity index (χ4n) is 4.55. The third kappa shape index (κ3) is 7.56. The summed E-state index contributed by atoms with van der Waals surface area (Å²) in [6.07, 6.45) is 12.8. The highest BCUT2D eigenvalue weighted by molar-refractivity contribution is 7.80. The molecule has 0 spiro atoms. The molecule has 3 N–H and O–H groups in total. The van der Waals surface area contributed by atoms with E-state index in [-0.39, 0.29) is 24.5 Å². The summed E-state index contributed by atoms with van der Waals surface area (Å²) in [5.41, 5.74) is -0.737. The summed E-state index contributed by atoms with van der Waals surface area (Å²) in [5, 5.41) is 15.1. The highest BCUT2D eigenvalue weighted by Gasteiger charge is 2.48. The summed E-state index contributed by atoms with van der Waals surface area (Å²) >= 11 is 5.51. The van der Waals surface area contributed by atoms with Crippen molar-refractivity contribution in [2.75, 3.05) is 13.1 Å². The third-order valence-corrected chi connectivity index (χ3v) is 7.28. The largest absolute Gasteiger partial charge is 0.481 e. The van der Waals surface area contributed by atoms with Gasteiger partial charge in [0.2, 0.25) is 5.91 Å². The Bertz CT molecular complexity index is 649. The van der Waals surface area contributed by atoms with E-state index in [1.54, 1.807) is 0 Å². The van der Waals surface area contributed by atoms with Gasteiger partial charge >= 0.3 is 5.97 Å². The zero-order chi connectivity index (χ0) is 22.9. The molecule has 0 aromatic heterocycles. The number of aliphatic carboxylic acids is 1. The Labute approximate surface area is 192 Å². The van der Waals surface area contributed by atoms with Gasteiger partial charge in [0, 0.05) is 25.4 Å². The van der Waals surface area contributed by atoms with Crippen LogP contribution < -0.4 is 10.6 Å². The van der Waals surface area contributed by atoms with Gasteiger partial charge in [-0.15, -0.1) is 0 Å². The summed E-state index contributed by atoms with van der Waals surface area (Å²) < 4.78 is 6.15. The van der Waals surface area contributed by atoms with Crippen molar-refractivity contribution in [2.45, 2.75) is 90.8 Å². The van der Waals surface area contributed by atoms with E-state index in [1.807, 2.05) is 13.8 Å². The maximum absolute atomic E-state index is 12.9. The maximum atomic E-state index is 12.9. The zero-order valence-electron chi connectivity index (χ0n) is 19.3. The van der Waals surface area contributed by atoms with Crippen LogP contribution >= 0.6 is 12.2 Å². The van der Waals surface area contributed by atoms with Gasteiger partial charge in [0.15, 0.2) is 0 Å². The van der Waals surface area contributed by atoms with Crippen molar-refractivity contribution in [2.24, 2.45) is 17.3 Å². The number of thiocarbonyl (C=S) groups is 1. The van der Waals surface area contributed by atoms with Gasteiger partial charge in [-0.05, 0) is 58.3 Å². The minimum Gasteiger partial charge on any atom is -0.481 e. The normalized spacial score (nSPS) is 25.1. The molecule has 2 bridgehead atoms. The maximum Gasteiger partial charge on any atom is 0.303 e. The number of hydrogen-bond acceptors (Lipinski definition) is 4. The lowest BCUT2D eigenvalue weighted by Gasteiger charge is -2.30. The first-order valence-electron chi connectivity index (χ1n) is 11.9. The molecule has 0 radical (unpaired) electrons. The summed E-state index contributed by atoms with van der Waals surface area (Å²) in [5.74, 6) is -0.0687. The van der Waals surface area contributed by atoms with Gasteiger partial charge in [0.05, 0.1) is 22.6 Å². The lowest BCUT2D eigenvalue weighted by atomic mass is 9.77. The number of amides is 1. The Balaban J connectivity index is 1.81. The van der Waals surface area contributed by atoms with E-state index in [0.717, 1.165) is 51.5 Å². The molecule has 0 aromatic rings. The van der Waals surface area contributed by atoms with Crippen LogP contribution in [0.2, 0.25) is 0 Å². The molecule has 0 aromatic carbocycles. The van der Waals surface area contributed by atoms with Gasteiger partial charge in [0.1, 0.15) is 0 Å². The molecule has 176 valence electrons. The van der Waals surface area contributed by atoms with E-state index in [0.29, 0.717) is 29.8 Å². The molecule has 2 fully saturated rings. The molecule has 6 nitrogen and oxygen atoms in total. The van der Waals surface area contributed by atoms with Gasteiger partial charge in [-0.2, -0.15) is 0 Å². The van der Waals surface area contributed by atoms with E-state index in [1.165, 1.54) is 0 Å². The molecule has 2 heterocycles. The molecule has 2 aliphatic heterocycles. The number of carbonyl (C=O) groups excluding carboxylic acids is 1. The number of carboxylic acids is 1. The van der Waals surface area contributed by atoms with Gasteiger partial charge < -0.3 is 20.5 Å². The lowest BCUT2D eigenvalue weighted by molar-refractivity contribution is -0.137. The first kappa shape index (κ1) is 25.8. The molecule has 1 amide bonds. The monoisotopic (exact) mass is 452 g/mol. The number of carboxylic acid groups (broad SMARTS) is 1. The fraction of sp³-hybridized carbons (Fsp3) is 0.792. The van der Waals surface area contributed by atoms with E-state index in [4.69, 9.17) is 22.1 Å². The van der Waals surface area contributed by atoms with Crippen LogP contribution in [0.25, 0.3) is 0 Å². The predicted molar refractivity (Wildman–Crippen MR) is 127 cm³/mol. The van der Waals surface area contributed by atoms with Crippen molar-refractivity contribution in [1.29, 1.82) is 0 Å². The molecular weight excluding hydrogens is 412 g/mol. The Morgan fingerprint density at radius 3 is 2.48 bits per heavy atom. The van der Waals surface area contributed by atoms with Gasteiger partial charge in [0.25, 0.3) is 0 Å². The van der Waals surface area contributed by atoms with Crippen molar-refractivity contribution in [3.8, 4) is 0 Å². The predicted octanol–water partition coefficient (Wildman–Crippen LogP) is 4.23. The minimum absolute atomic E-state index is 0.0359. The third-order valence-electron chi connectivity index (χ3n) is 6.63. The molecule has 0 saturated carbocycles. The number of fused-ring (bicyclic) bond motifs is 2. The van der Waals surface area contributed by atoms with Gasteiger partial charge in [-0.3, -0.25) is 9.59 Å². The van der Waals surface area contributed by atoms with Crippen LogP contribution in [-0.2, 0) is 14.3 Å². The second kappa shape index (κ2) is 12.5. The Morgan fingerprint density at radius 2 is 1.81 bits per heavy atom. The van der Waals surface area contributed by atoms with Crippen LogP contribution in [0.15, 0.2) is 12.2 Å². The number of hydrogen-bond donors (Lipinski definition) is 3. The molecule has 0 aliphatic carbocycles. The van der Waals surface area contributed by atoms with Crippen LogP contribution in [0.3, 0.4) is 0 Å². The quantitative estimate of drug-likeness (QED) is 0.208. The number of allylic oxidation sites excluding steroid dienone is 2. The highest BCUT2D eigenvalue weighted by Crippen LogP contribution is 2.45. The van der Waals surface area contributed by atoms with Crippen LogP contribution in [0.4, 0.5) is 0 Å². The summed E-state index contributed by atoms with van der Waals surface area (Å²) in [4.78, 5) is 24.1. The van der Waals surface area contributed by atoms with Crippen LogP contribution in [0.1, 0.15) is 78.6 Å². The average molecular weight is 453 g/mol. The lowest BCUT2D eigenvalue weighted by Crippen LogP contribution is -2.49. The van der Waals surface area contributed by atoms with Gasteiger partial charge in [-0.25, -0.2) is 0 Å². The second-order valence-electron chi connectivity index (χ2n) is 9.41. The molecule has 31 heavy (non-hydrogen) atoms. The zero-order valence-corrected chi connectivity index (χ0v) is 20.1. The summed E-state index contributed by atoms with van der Waals surface area (Å²) in [7, 11) is 0. The Kier molecular flexibility index (Phi) is 10.4. The highest BCUT2D eigenvalue weighted by atomic mass is 32.1. The summed E-state index contributed by atoms with van der Waals surface area (Å²) in [6, 6.07) is 0. The van der Waals surface area contributed by atoms with Crippen molar-refractivity contribution in [3.63, 3.8) is 0 Å². The smallest absolute Gasteiger partial charge is 0.303 e. The molecule has 0 unspecified atom stereocenters. The molecule has 2 saturated heterocycles. The number of ether oxygens (including phenoxy) is 1. The topological polar surface area (TPSA) is 87.7 Å². The van der Waals surface area contributed by atoms with Crippen LogP contribution in [0.5, 0.6) is 0 Å².